The first-order valence-corrected chi connectivity index (χ1v) is 18.6. The smallest absolute Gasteiger partial charge is 0.296 e. The number of hydrogen-bond donors (Lipinski definition) is 4. The van der Waals surface area contributed by atoms with E-state index in [2.05, 4.69) is 46.8 Å². The first-order chi connectivity index (χ1) is 22.2. The number of benzene rings is 3. The fraction of sp³-hybridized carbons (Fsp3) is 0. The summed E-state index contributed by atoms with van der Waals surface area (Å²) in [4.78, 5) is -2.47. The Morgan fingerprint density at radius 3 is 1.77 bits per heavy atom. The lowest BCUT2D eigenvalue weighted by Crippen LogP contribution is -2.03. The van der Waals surface area contributed by atoms with Crippen LogP contribution in [-0.2, 0) is 39.9 Å². The molecule has 0 spiro atoms. The van der Waals surface area contributed by atoms with Crippen LogP contribution in [0.2, 0.25) is 0 Å². The quantitative estimate of drug-likeness (QED) is 0.0708. The minimum Gasteiger partial charge on any atom is -0.505 e. The monoisotopic (exact) mass is 735 g/mol. The molecule has 252 valence electrons. The van der Waals surface area contributed by atoms with Gasteiger partial charge in [0.05, 0.1) is 32.3 Å². The molecule has 16 nitrogen and oxygen atoms in total. The van der Waals surface area contributed by atoms with Gasteiger partial charge in [-0.1, -0.05) is 32.4 Å². The number of phenols is 1. The van der Waals surface area contributed by atoms with Crippen molar-refractivity contribution in [1.29, 1.82) is 0 Å². The summed E-state index contributed by atoms with van der Waals surface area (Å²) in [7, 11) is -18.0. The number of rotatable bonds is 13. The van der Waals surface area contributed by atoms with Crippen molar-refractivity contribution in [2.75, 3.05) is 5.73 Å². The van der Waals surface area contributed by atoms with Gasteiger partial charge in [0.15, 0.2) is 25.4 Å². The van der Waals surface area contributed by atoms with Crippen molar-refractivity contribution < 1.29 is 47.9 Å². The highest BCUT2D eigenvalue weighted by Crippen LogP contribution is 2.48. The van der Waals surface area contributed by atoms with E-state index in [9.17, 15) is 47.9 Å². The molecule has 0 heterocycles. The van der Waals surface area contributed by atoms with Crippen LogP contribution in [0.1, 0.15) is 0 Å². The van der Waals surface area contributed by atoms with Crippen LogP contribution in [0.3, 0.4) is 0 Å². The highest BCUT2D eigenvalue weighted by Gasteiger charge is 2.28. The lowest BCUT2D eigenvalue weighted by Gasteiger charge is -2.14. The fourth-order valence-corrected chi connectivity index (χ4v) is 6.52. The van der Waals surface area contributed by atoms with Gasteiger partial charge in [-0.25, -0.2) is 16.8 Å². The molecule has 0 aliphatic rings. The summed E-state index contributed by atoms with van der Waals surface area (Å²) in [6, 6.07) is 6.13. The summed E-state index contributed by atoms with van der Waals surface area (Å²) in [5.74, 6) is -1.04. The topological polar surface area (TPSA) is 273 Å². The number of fused-ring (bicyclic) bond motifs is 1. The minimum absolute atomic E-state index is 0.00229. The van der Waals surface area contributed by atoms with Gasteiger partial charge in [-0.2, -0.15) is 27.1 Å². The molecule has 0 unspecified atom stereocenters. The Bertz CT molecular complexity index is 2450. The Kier molecular flexibility index (Phi) is 10.8. The maximum absolute atomic E-state index is 12.3. The van der Waals surface area contributed by atoms with Crippen LogP contribution in [0.4, 0.5) is 22.7 Å². The molecule has 5 N–H and O–H groups in total. The zero-order valence-electron chi connectivity index (χ0n) is 24.4. The van der Waals surface area contributed by atoms with Crippen molar-refractivity contribution in [1.82, 2.24) is 0 Å². The lowest BCUT2D eigenvalue weighted by atomic mass is 10.1. The molecule has 0 atom stereocenters. The number of nitrogens with zero attached hydrogens (tertiary/aromatic N) is 4. The molecule has 3 rings (SSSR count). The molecule has 0 radical (unpaired) electrons. The molecule has 0 aromatic heterocycles. The Labute approximate surface area is 275 Å². The summed E-state index contributed by atoms with van der Waals surface area (Å²) in [6.45, 7) is 13.3. The molecule has 20 heteroatoms. The van der Waals surface area contributed by atoms with E-state index in [4.69, 9.17) is 5.73 Å². The molecular formula is C28H25N5O11S4. The Hall–Kier alpha value is -5.12. The molecule has 48 heavy (non-hydrogen) atoms. The molecule has 0 bridgehead atoms. The average Bonchev–Trinajstić information content (AvgIpc) is 3.01. The minimum atomic E-state index is -5.21. The second-order valence-electron chi connectivity index (χ2n) is 9.14. The van der Waals surface area contributed by atoms with Crippen LogP contribution in [0.25, 0.3) is 10.8 Å². The van der Waals surface area contributed by atoms with Crippen LogP contribution in [0, 0.1) is 0 Å². The van der Waals surface area contributed by atoms with Gasteiger partial charge in [0.1, 0.15) is 21.2 Å². The molecule has 3 aromatic rings. The molecule has 0 aliphatic heterocycles. The lowest BCUT2D eigenvalue weighted by molar-refractivity contribution is 0.472. The number of azo groups is 2. The van der Waals surface area contributed by atoms with E-state index in [1.807, 2.05) is 0 Å². The van der Waals surface area contributed by atoms with Crippen molar-refractivity contribution in [3.63, 3.8) is 0 Å². The molecule has 3 aromatic carbocycles. The van der Waals surface area contributed by atoms with Crippen LogP contribution in [0.5, 0.6) is 5.75 Å². The zero-order valence-corrected chi connectivity index (χ0v) is 27.6. The number of aromatic hydroxyl groups is 1. The van der Waals surface area contributed by atoms with Crippen molar-refractivity contribution >= 4 is 73.4 Å². The summed E-state index contributed by atoms with van der Waals surface area (Å²) in [6.07, 6.45) is 4.25. The third-order valence-corrected chi connectivity index (χ3v) is 10.7. The van der Waals surface area contributed by atoms with Crippen LogP contribution >= 0.6 is 0 Å². The number of hydrogen-bond acceptors (Lipinski definition) is 14. The van der Waals surface area contributed by atoms with E-state index in [1.54, 1.807) is 0 Å². The van der Waals surface area contributed by atoms with E-state index in [0.29, 0.717) is 17.5 Å². The standard InChI is InChI=1S/C28H25N5O11S4/c1-5-18(9-12-20(6-2)45(35,36)7-3)30-33-27-23(48(42,43)44)16-17-15-22(47(39,40)41)26(25(29)24(17)28(27)34)32-31-19-10-13-21(14-11-19)46(37,38)8-4/h5-16,34H,1-4,29H2,(H,39,40,41)(H,42,43,44)/b18-9+,20-12+,32-31?,33-30?. The maximum atomic E-state index is 12.3. The molecule has 0 saturated carbocycles. The van der Waals surface area contributed by atoms with Gasteiger partial charge in [0.25, 0.3) is 20.2 Å². The molecule has 0 saturated heterocycles. The van der Waals surface area contributed by atoms with Gasteiger partial charge in [0, 0.05) is 10.8 Å². The summed E-state index contributed by atoms with van der Waals surface area (Å²) in [5, 5.41) is 26.7. The first-order valence-electron chi connectivity index (χ1n) is 12.6. The highest BCUT2D eigenvalue weighted by molar-refractivity contribution is 7.98. The third-order valence-electron chi connectivity index (χ3n) is 6.16. The van der Waals surface area contributed by atoms with Gasteiger partial charge in [0.2, 0.25) is 0 Å². The Morgan fingerprint density at radius 2 is 1.29 bits per heavy atom. The zero-order chi connectivity index (χ0) is 36.2. The third kappa shape index (κ3) is 8.05. The van der Waals surface area contributed by atoms with Gasteiger partial charge in [-0.3, -0.25) is 9.11 Å². The molecule has 0 fully saturated rings. The number of sulfone groups is 2. The highest BCUT2D eigenvalue weighted by atomic mass is 32.2. The number of phenolic OH excluding ortho intramolecular Hbond substituents is 1. The predicted molar refractivity (Wildman–Crippen MR) is 178 cm³/mol. The van der Waals surface area contributed by atoms with E-state index in [0.717, 1.165) is 41.8 Å². The summed E-state index contributed by atoms with van der Waals surface area (Å²) >= 11 is 0. The van der Waals surface area contributed by atoms with Gasteiger partial charge < -0.3 is 10.8 Å². The van der Waals surface area contributed by atoms with E-state index in [1.165, 1.54) is 12.1 Å². The van der Waals surface area contributed by atoms with Crippen molar-refractivity contribution in [2.45, 2.75) is 14.7 Å². The second-order valence-corrected chi connectivity index (χ2v) is 15.7. The fourth-order valence-electron chi connectivity index (χ4n) is 3.80. The molecular weight excluding hydrogens is 711 g/mol. The number of nitrogens with two attached hydrogens (primary N) is 1. The molecule has 0 aliphatic carbocycles. The number of anilines is 1. The SMILES string of the molecule is C=C/C(=C\C=C(/C=C)S(=O)(=O)C=C)N=Nc1c(S(=O)(=O)O)cc2cc(S(=O)(=O)O)c(N=Nc3ccc(S(=O)(=O)C=C)cc3)c(N)c2c1O. The van der Waals surface area contributed by atoms with E-state index >= 15 is 0 Å². The number of nitrogen functional groups attached to an aromatic ring is 1. The van der Waals surface area contributed by atoms with Crippen molar-refractivity contribution in [3.05, 3.63) is 108 Å². The average molecular weight is 736 g/mol. The van der Waals surface area contributed by atoms with Crippen LogP contribution < -0.4 is 5.73 Å². The first kappa shape index (κ1) is 37.3. The maximum Gasteiger partial charge on any atom is 0.296 e. The Morgan fingerprint density at radius 1 is 0.729 bits per heavy atom. The Balaban J connectivity index is 2.33. The van der Waals surface area contributed by atoms with Gasteiger partial charge in [-0.05, 0) is 60.0 Å². The number of allylic oxidation sites excluding steroid dienone is 4. The summed E-state index contributed by atoms with van der Waals surface area (Å²) in [5.41, 5.74) is 3.72. The summed E-state index contributed by atoms with van der Waals surface area (Å²) < 4.78 is 117. The van der Waals surface area contributed by atoms with Crippen molar-refractivity contribution in [2.24, 2.45) is 20.5 Å². The van der Waals surface area contributed by atoms with E-state index < -0.39 is 83.3 Å². The van der Waals surface area contributed by atoms with Crippen molar-refractivity contribution in [3.8, 4) is 5.75 Å². The predicted octanol–water partition coefficient (Wildman–Crippen LogP) is 5.74. The van der Waals surface area contributed by atoms with E-state index in [-0.39, 0.29) is 21.2 Å². The van der Waals surface area contributed by atoms with Crippen LogP contribution in [-0.4, -0.2) is 47.9 Å². The van der Waals surface area contributed by atoms with Gasteiger partial charge >= 0.3 is 0 Å². The largest absolute Gasteiger partial charge is 0.505 e. The van der Waals surface area contributed by atoms with Crippen LogP contribution in [0.15, 0.2) is 144 Å². The normalized spacial score (nSPS) is 13.6. The van der Waals surface area contributed by atoms with Gasteiger partial charge in [-0.15, -0.1) is 10.2 Å². The molecule has 0 amide bonds. The second kappa shape index (κ2) is 13.9.